The van der Waals surface area contributed by atoms with Gasteiger partial charge >= 0.3 is 0 Å². The number of hydrogen-bond donors (Lipinski definition) is 1. The summed E-state index contributed by atoms with van der Waals surface area (Å²) in [7, 11) is 3.17. The van der Waals surface area contributed by atoms with Gasteiger partial charge in [-0.2, -0.15) is 5.10 Å². The van der Waals surface area contributed by atoms with Gasteiger partial charge in [0.2, 0.25) is 0 Å². The summed E-state index contributed by atoms with van der Waals surface area (Å²) >= 11 is 0. The van der Waals surface area contributed by atoms with Crippen LogP contribution in [0.15, 0.2) is 30.6 Å². The summed E-state index contributed by atoms with van der Waals surface area (Å²) in [6, 6.07) is 4.28. The number of carbonyl (C=O) groups is 1. The number of rotatable bonds is 5. The molecule has 1 N–H and O–H groups in total. The third kappa shape index (κ3) is 3.21. The van der Waals surface area contributed by atoms with Crippen LogP contribution in [0.25, 0.3) is 0 Å². The van der Waals surface area contributed by atoms with E-state index in [1.807, 2.05) is 13.1 Å². The lowest BCUT2D eigenvalue weighted by atomic mass is 10.1. The highest BCUT2D eigenvalue weighted by Gasteiger charge is 2.19. The summed E-state index contributed by atoms with van der Waals surface area (Å²) in [5.41, 5.74) is 0.855. The third-order valence-corrected chi connectivity index (χ3v) is 3.27. The molecule has 1 aromatic carbocycles. The number of aromatic nitrogens is 2. The Morgan fingerprint density at radius 3 is 2.86 bits per heavy atom. The molecule has 0 radical (unpaired) electrons. The third-order valence-electron chi connectivity index (χ3n) is 3.27. The molecule has 1 amide bonds. The van der Waals surface area contributed by atoms with Crippen LogP contribution in [0.5, 0.6) is 5.75 Å². The van der Waals surface area contributed by atoms with Gasteiger partial charge in [0.25, 0.3) is 5.91 Å². The van der Waals surface area contributed by atoms with Crippen LogP contribution in [-0.4, -0.2) is 22.8 Å². The van der Waals surface area contributed by atoms with Crippen molar-refractivity contribution in [2.45, 2.75) is 19.4 Å². The van der Waals surface area contributed by atoms with Crippen LogP contribution in [0.2, 0.25) is 0 Å². The minimum absolute atomic E-state index is 0.0308. The number of halogens is 1. The highest BCUT2D eigenvalue weighted by Crippen LogP contribution is 2.22. The fourth-order valence-electron chi connectivity index (χ4n) is 2.12. The van der Waals surface area contributed by atoms with Gasteiger partial charge in [-0.1, -0.05) is 13.0 Å². The molecule has 1 heterocycles. The van der Waals surface area contributed by atoms with Crippen molar-refractivity contribution in [1.29, 1.82) is 0 Å². The summed E-state index contributed by atoms with van der Waals surface area (Å²) in [5, 5.41) is 6.90. The summed E-state index contributed by atoms with van der Waals surface area (Å²) in [5.74, 6) is -1.07. The Morgan fingerprint density at radius 2 is 2.29 bits per heavy atom. The number of nitrogens with zero attached hydrogens (tertiary/aromatic N) is 2. The van der Waals surface area contributed by atoms with E-state index in [2.05, 4.69) is 10.4 Å². The van der Waals surface area contributed by atoms with E-state index < -0.39 is 11.7 Å². The summed E-state index contributed by atoms with van der Waals surface area (Å²) < 4.78 is 20.6. The molecule has 6 heteroatoms. The van der Waals surface area contributed by atoms with E-state index >= 15 is 0 Å². The number of benzene rings is 1. The van der Waals surface area contributed by atoms with Crippen molar-refractivity contribution in [3.05, 3.63) is 47.5 Å². The van der Waals surface area contributed by atoms with Crippen molar-refractivity contribution < 1.29 is 13.9 Å². The molecule has 1 aromatic heterocycles. The van der Waals surface area contributed by atoms with E-state index in [4.69, 9.17) is 4.74 Å². The molecule has 0 aliphatic carbocycles. The van der Waals surface area contributed by atoms with E-state index in [0.717, 1.165) is 5.56 Å². The lowest BCUT2D eigenvalue weighted by molar-refractivity contribution is 0.0930. The van der Waals surface area contributed by atoms with Gasteiger partial charge in [0, 0.05) is 18.8 Å². The van der Waals surface area contributed by atoms with E-state index in [9.17, 15) is 9.18 Å². The lowest BCUT2D eigenvalue weighted by Gasteiger charge is -2.16. The van der Waals surface area contributed by atoms with Crippen LogP contribution >= 0.6 is 0 Å². The first-order valence-corrected chi connectivity index (χ1v) is 6.68. The number of methoxy groups -OCH3 is 1. The molecule has 21 heavy (non-hydrogen) atoms. The van der Waals surface area contributed by atoms with E-state index in [0.29, 0.717) is 6.42 Å². The Bertz CT molecular complexity index is 640. The standard InChI is InChI=1S/C15H18FN3O2/c1-4-12(10-8-17-19(2)9-10)18-15(20)11-6-5-7-13(21-3)14(11)16/h5-9,12H,4H2,1-3H3,(H,18,20)/t12-/m0/s1. The highest BCUT2D eigenvalue weighted by molar-refractivity contribution is 5.95. The second kappa shape index (κ2) is 6.39. The van der Waals surface area contributed by atoms with Gasteiger partial charge in [0.15, 0.2) is 11.6 Å². The molecular formula is C15H18FN3O2. The van der Waals surface area contributed by atoms with Crippen molar-refractivity contribution in [3.8, 4) is 5.75 Å². The van der Waals surface area contributed by atoms with E-state index in [1.165, 1.54) is 19.2 Å². The molecule has 0 saturated heterocycles. The van der Waals surface area contributed by atoms with Gasteiger partial charge in [-0.3, -0.25) is 9.48 Å². The smallest absolute Gasteiger partial charge is 0.254 e. The molecule has 2 aromatic rings. The average Bonchev–Trinajstić information content (AvgIpc) is 2.91. The van der Waals surface area contributed by atoms with E-state index in [-0.39, 0.29) is 17.4 Å². The minimum Gasteiger partial charge on any atom is -0.494 e. The Balaban J connectivity index is 2.20. The fourth-order valence-corrected chi connectivity index (χ4v) is 2.12. The zero-order chi connectivity index (χ0) is 15.4. The molecule has 0 aliphatic heterocycles. The van der Waals surface area contributed by atoms with E-state index in [1.54, 1.807) is 24.0 Å². The fraction of sp³-hybridized carbons (Fsp3) is 0.333. The number of ether oxygens (including phenoxy) is 1. The normalized spacial score (nSPS) is 12.0. The topological polar surface area (TPSA) is 56.1 Å². The first kappa shape index (κ1) is 15.0. The maximum Gasteiger partial charge on any atom is 0.254 e. The van der Waals surface area contributed by atoms with Gasteiger partial charge in [0.05, 0.1) is 24.9 Å². The Morgan fingerprint density at radius 1 is 1.52 bits per heavy atom. The second-order valence-electron chi connectivity index (χ2n) is 4.70. The van der Waals surface area contributed by atoms with Crippen LogP contribution < -0.4 is 10.1 Å². The average molecular weight is 291 g/mol. The molecule has 5 nitrogen and oxygen atoms in total. The quantitative estimate of drug-likeness (QED) is 0.920. The monoisotopic (exact) mass is 291 g/mol. The summed E-state index contributed by atoms with van der Waals surface area (Å²) in [4.78, 5) is 12.2. The van der Waals surface area contributed by atoms with Crippen molar-refractivity contribution in [1.82, 2.24) is 15.1 Å². The molecule has 0 unspecified atom stereocenters. The maximum atomic E-state index is 14.1. The SMILES string of the molecule is CC[C@H](NC(=O)c1cccc(OC)c1F)c1cnn(C)c1. The van der Waals surface area contributed by atoms with Gasteiger partial charge in [-0.25, -0.2) is 4.39 Å². The molecule has 0 spiro atoms. The Kier molecular flexibility index (Phi) is 4.57. The van der Waals surface area contributed by atoms with Gasteiger partial charge in [-0.05, 0) is 18.6 Å². The lowest BCUT2D eigenvalue weighted by Crippen LogP contribution is -2.28. The minimum atomic E-state index is -0.654. The Hall–Kier alpha value is -2.37. The number of nitrogens with one attached hydrogen (secondary N) is 1. The number of aryl methyl sites for hydroxylation is 1. The molecular weight excluding hydrogens is 273 g/mol. The number of carbonyl (C=O) groups excluding carboxylic acids is 1. The summed E-state index contributed by atoms with van der Waals surface area (Å²) in [6.07, 6.45) is 4.20. The predicted octanol–water partition coefficient (Wildman–Crippen LogP) is 2.45. The molecule has 0 fully saturated rings. The van der Waals surface area contributed by atoms with Gasteiger partial charge in [0.1, 0.15) is 0 Å². The van der Waals surface area contributed by atoms with Crippen LogP contribution in [0.3, 0.4) is 0 Å². The molecule has 2 rings (SSSR count). The first-order valence-electron chi connectivity index (χ1n) is 6.68. The van der Waals surface area contributed by atoms with Gasteiger partial charge in [-0.15, -0.1) is 0 Å². The number of hydrogen-bond acceptors (Lipinski definition) is 3. The van der Waals surface area contributed by atoms with Crippen molar-refractivity contribution in [2.75, 3.05) is 7.11 Å². The van der Waals surface area contributed by atoms with Crippen LogP contribution in [0, 0.1) is 5.82 Å². The zero-order valence-electron chi connectivity index (χ0n) is 12.3. The predicted molar refractivity (Wildman–Crippen MR) is 76.7 cm³/mol. The van der Waals surface area contributed by atoms with Crippen LogP contribution in [-0.2, 0) is 7.05 Å². The van der Waals surface area contributed by atoms with Crippen LogP contribution in [0.4, 0.5) is 4.39 Å². The maximum absolute atomic E-state index is 14.1. The highest BCUT2D eigenvalue weighted by atomic mass is 19.1. The van der Waals surface area contributed by atoms with Crippen LogP contribution in [0.1, 0.15) is 35.3 Å². The molecule has 0 bridgehead atoms. The summed E-state index contributed by atoms with van der Waals surface area (Å²) in [6.45, 7) is 1.94. The molecule has 112 valence electrons. The molecule has 0 aliphatic rings. The Labute approximate surface area is 122 Å². The van der Waals surface area contributed by atoms with Crippen molar-refractivity contribution in [3.63, 3.8) is 0 Å². The zero-order valence-corrected chi connectivity index (χ0v) is 12.3. The molecule has 1 atom stereocenters. The second-order valence-corrected chi connectivity index (χ2v) is 4.70. The first-order chi connectivity index (χ1) is 10.1. The van der Waals surface area contributed by atoms with Crippen molar-refractivity contribution in [2.24, 2.45) is 7.05 Å². The van der Waals surface area contributed by atoms with Gasteiger partial charge < -0.3 is 10.1 Å². The molecule has 0 saturated carbocycles. The largest absolute Gasteiger partial charge is 0.494 e. The number of amides is 1. The van der Waals surface area contributed by atoms with Crippen molar-refractivity contribution >= 4 is 5.91 Å².